The molecule has 0 radical (unpaired) electrons. The van der Waals surface area contributed by atoms with E-state index in [4.69, 9.17) is 21.1 Å². The summed E-state index contributed by atoms with van der Waals surface area (Å²) in [6, 6.07) is 16.1. The molecule has 3 aromatic carbocycles. The summed E-state index contributed by atoms with van der Waals surface area (Å²) in [6.07, 6.45) is 1.68. The quantitative estimate of drug-likeness (QED) is 0.257. The summed E-state index contributed by atoms with van der Waals surface area (Å²) >= 11 is 7.86. The molecule has 0 aliphatic carbocycles. The highest BCUT2D eigenvalue weighted by Gasteiger charge is 2.14. The lowest BCUT2D eigenvalue weighted by atomic mass is 10.1. The molecule has 0 bridgehead atoms. The summed E-state index contributed by atoms with van der Waals surface area (Å²) in [5.41, 5.74) is 3.41. The van der Waals surface area contributed by atoms with Crippen LogP contribution in [0.25, 0.3) is 21.5 Å². The first-order valence-corrected chi connectivity index (χ1v) is 11.6. The molecule has 5 aromatic rings. The molecule has 0 spiro atoms. The van der Waals surface area contributed by atoms with Crippen molar-refractivity contribution in [3.63, 3.8) is 0 Å². The van der Waals surface area contributed by atoms with Gasteiger partial charge in [-0.25, -0.2) is 0 Å². The topological polar surface area (TPSA) is 114 Å². The van der Waals surface area contributed by atoms with Gasteiger partial charge >= 0.3 is 0 Å². The Hall–Kier alpha value is -4.15. The van der Waals surface area contributed by atoms with E-state index in [2.05, 4.69) is 31.0 Å². The lowest BCUT2D eigenvalue weighted by Crippen LogP contribution is -2.12. The molecule has 35 heavy (non-hydrogen) atoms. The summed E-state index contributed by atoms with van der Waals surface area (Å²) in [5, 5.41) is 24.2. The molecule has 0 saturated carbocycles. The zero-order chi connectivity index (χ0) is 24.4. The van der Waals surface area contributed by atoms with Gasteiger partial charge in [0.15, 0.2) is 0 Å². The Bertz CT molecular complexity index is 1510. The minimum atomic E-state index is -0.289. The fourth-order valence-corrected chi connectivity index (χ4v) is 4.47. The van der Waals surface area contributed by atoms with Gasteiger partial charge in [0.25, 0.3) is 5.91 Å². The second-order valence-electron chi connectivity index (χ2n) is 7.43. The molecule has 0 aliphatic rings. The van der Waals surface area contributed by atoms with E-state index in [9.17, 15) is 4.79 Å². The number of rotatable bonds is 7. The molecule has 11 heteroatoms. The molecule has 9 nitrogen and oxygen atoms in total. The minimum absolute atomic E-state index is 0.289. The number of benzene rings is 3. The lowest BCUT2D eigenvalue weighted by molar-refractivity contribution is 0.102. The number of hydrogen-bond donors (Lipinski definition) is 3. The van der Waals surface area contributed by atoms with Crippen LogP contribution in [-0.2, 0) is 0 Å². The SMILES string of the molecule is COc1cc(OC)cc(C(=O)Nc2cccc(-c3nnc(Nc4ccc5[nH]ncc5c4Cl)s3)c2)c1. The number of methoxy groups -OCH3 is 2. The Kier molecular flexibility index (Phi) is 6.21. The molecule has 1 amide bonds. The average molecular weight is 507 g/mol. The zero-order valence-electron chi connectivity index (χ0n) is 18.6. The number of carbonyl (C=O) groups is 1. The van der Waals surface area contributed by atoms with Crippen molar-refractivity contribution >= 4 is 56.3 Å². The maximum Gasteiger partial charge on any atom is 0.255 e. The third-order valence-electron chi connectivity index (χ3n) is 5.21. The maximum absolute atomic E-state index is 12.8. The highest BCUT2D eigenvalue weighted by atomic mass is 35.5. The molecular weight excluding hydrogens is 488 g/mol. The van der Waals surface area contributed by atoms with Gasteiger partial charge in [-0.15, -0.1) is 10.2 Å². The van der Waals surface area contributed by atoms with E-state index in [1.807, 2.05) is 30.3 Å². The van der Waals surface area contributed by atoms with Crippen molar-refractivity contribution in [1.29, 1.82) is 0 Å². The Balaban J connectivity index is 1.34. The number of ether oxygens (including phenoxy) is 2. The Morgan fingerprint density at radius 3 is 2.60 bits per heavy atom. The monoisotopic (exact) mass is 506 g/mol. The summed E-state index contributed by atoms with van der Waals surface area (Å²) < 4.78 is 10.5. The van der Waals surface area contributed by atoms with Gasteiger partial charge in [-0.3, -0.25) is 9.89 Å². The van der Waals surface area contributed by atoms with Crippen LogP contribution < -0.4 is 20.1 Å². The molecule has 2 heterocycles. The van der Waals surface area contributed by atoms with E-state index in [-0.39, 0.29) is 5.91 Å². The first-order valence-electron chi connectivity index (χ1n) is 10.4. The average Bonchev–Trinajstić information content (AvgIpc) is 3.56. The number of hydrogen-bond acceptors (Lipinski definition) is 8. The van der Waals surface area contributed by atoms with Gasteiger partial charge in [0, 0.05) is 28.3 Å². The standard InChI is InChI=1S/C24H19ClN6O3S/c1-33-16-9-14(10-17(11-16)34-2)22(32)27-15-5-3-4-13(8-15)23-30-31-24(35-23)28-20-7-6-19-18(21(20)25)12-26-29-19/h3-12H,1-2H3,(H,26,29)(H,27,32)(H,28,31). The summed E-state index contributed by atoms with van der Waals surface area (Å²) in [6.45, 7) is 0. The van der Waals surface area contributed by atoms with Gasteiger partial charge in [0.05, 0.1) is 36.6 Å². The Morgan fingerprint density at radius 1 is 1.03 bits per heavy atom. The molecule has 0 unspecified atom stereocenters. The van der Waals surface area contributed by atoms with Crippen LogP contribution in [-0.4, -0.2) is 40.5 Å². The molecule has 5 rings (SSSR count). The van der Waals surface area contributed by atoms with Crippen LogP contribution in [0, 0.1) is 0 Å². The van der Waals surface area contributed by atoms with Crippen LogP contribution in [0.2, 0.25) is 5.02 Å². The van der Waals surface area contributed by atoms with Crippen molar-refractivity contribution in [2.45, 2.75) is 0 Å². The normalized spacial score (nSPS) is 10.8. The van der Waals surface area contributed by atoms with Gasteiger partial charge in [-0.05, 0) is 36.4 Å². The van der Waals surface area contributed by atoms with Crippen molar-refractivity contribution < 1.29 is 14.3 Å². The Labute approximate surface area is 209 Å². The second kappa shape index (κ2) is 9.61. The fraction of sp³-hybridized carbons (Fsp3) is 0.0833. The minimum Gasteiger partial charge on any atom is -0.497 e. The van der Waals surface area contributed by atoms with Gasteiger partial charge in [0.2, 0.25) is 5.13 Å². The van der Waals surface area contributed by atoms with E-state index in [1.165, 1.54) is 25.6 Å². The van der Waals surface area contributed by atoms with Crippen molar-refractivity contribution in [3.05, 3.63) is 71.4 Å². The number of amides is 1. The first kappa shape index (κ1) is 22.6. The number of fused-ring (bicyclic) bond motifs is 1. The molecule has 0 saturated heterocycles. The molecule has 176 valence electrons. The highest BCUT2D eigenvalue weighted by molar-refractivity contribution is 7.18. The summed E-state index contributed by atoms with van der Waals surface area (Å²) in [7, 11) is 3.07. The molecule has 0 fully saturated rings. The van der Waals surface area contributed by atoms with Crippen LogP contribution in [0.1, 0.15) is 10.4 Å². The van der Waals surface area contributed by atoms with E-state index < -0.39 is 0 Å². The number of nitrogens with one attached hydrogen (secondary N) is 3. The Morgan fingerprint density at radius 2 is 1.83 bits per heavy atom. The first-order chi connectivity index (χ1) is 17.0. The van der Waals surface area contributed by atoms with Gasteiger partial charge in [-0.2, -0.15) is 5.10 Å². The summed E-state index contributed by atoms with van der Waals surface area (Å²) in [4.78, 5) is 12.8. The third kappa shape index (κ3) is 4.75. The van der Waals surface area contributed by atoms with Crippen LogP contribution in [0.5, 0.6) is 11.5 Å². The van der Waals surface area contributed by atoms with Crippen molar-refractivity contribution in [2.75, 3.05) is 24.9 Å². The van der Waals surface area contributed by atoms with Crippen LogP contribution in [0.15, 0.2) is 60.8 Å². The van der Waals surface area contributed by atoms with E-state index in [0.717, 1.165) is 16.5 Å². The number of H-pyrrole nitrogens is 1. The van der Waals surface area contributed by atoms with Crippen LogP contribution >= 0.6 is 22.9 Å². The van der Waals surface area contributed by atoms with Crippen molar-refractivity contribution in [1.82, 2.24) is 20.4 Å². The van der Waals surface area contributed by atoms with Gasteiger partial charge < -0.3 is 20.1 Å². The molecule has 2 aromatic heterocycles. The predicted molar refractivity (Wildman–Crippen MR) is 137 cm³/mol. The van der Waals surface area contributed by atoms with E-state index in [0.29, 0.717) is 43.6 Å². The molecule has 3 N–H and O–H groups in total. The van der Waals surface area contributed by atoms with E-state index >= 15 is 0 Å². The third-order valence-corrected chi connectivity index (χ3v) is 6.50. The zero-order valence-corrected chi connectivity index (χ0v) is 20.2. The highest BCUT2D eigenvalue weighted by Crippen LogP contribution is 2.35. The van der Waals surface area contributed by atoms with Crippen LogP contribution in [0.4, 0.5) is 16.5 Å². The maximum atomic E-state index is 12.8. The van der Waals surface area contributed by atoms with Crippen molar-refractivity contribution in [3.8, 4) is 22.1 Å². The summed E-state index contributed by atoms with van der Waals surface area (Å²) in [5.74, 6) is 0.775. The molecular formula is C24H19ClN6O3S. The molecule has 0 atom stereocenters. The predicted octanol–water partition coefficient (Wildman–Crippen LogP) is 5.75. The van der Waals surface area contributed by atoms with Crippen molar-refractivity contribution in [2.24, 2.45) is 0 Å². The molecule has 0 aliphatic heterocycles. The second-order valence-corrected chi connectivity index (χ2v) is 8.79. The number of carbonyl (C=O) groups excluding carboxylic acids is 1. The number of aromatic amines is 1. The number of nitrogens with zero attached hydrogens (tertiary/aromatic N) is 3. The largest absolute Gasteiger partial charge is 0.497 e. The number of aromatic nitrogens is 4. The fourth-order valence-electron chi connectivity index (χ4n) is 3.46. The van der Waals surface area contributed by atoms with Gasteiger partial charge in [0.1, 0.15) is 16.5 Å². The van der Waals surface area contributed by atoms with E-state index in [1.54, 1.807) is 30.5 Å². The lowest BCUT2D eigenvalue weighted by Gasteiger charge is -2.10. The van der Waals surface area contributed by atoms with Crippen LogP contribution in [0.3, 0.4) is 0 Å². The van der Waals surface area contributed by atoms with Gasteiger partial charge in [-0.1, -0.05) is 35.1 Å². The number of anilines is 3. The smallest absolute Gasteiger partial charge is 0.255 e. The number of halogens is 1.